The first kappa shape index (κ1) is 33.0. The Hall–Kier alpha value is -3.35. The maximum Gasteiger partial charge on any atom is 0.426 e. The van der Waals surface area contributed by atoms with Crippen LogP contribution >= 0.6 is 0 Å². The summed E-state index contributed by atoms with van der Waals surface area (Å²) in [6, 6.07) is 7.65. The van der Waals surface area contributed by atoms with Crippen molar-refractivity contribution in [3.05, 3.63) is 65.0 Å². The van der Waals surface area contributed by atoms with E-state index in [2.05, 4.69) is 4.74 Å². The topological polar surface area (TPSA) is 97.8 Å². The number of aryl methyl sites for hydroxylation is 1. The van der Waals surface area contributed by atoms with Crippen molar-refractivity contribution < 1.29 is 49.5 Å². The van der Waals surface area contributed by atoms with Crippen molar-refractivity contribution in [2.24, 2.45) is 17.8 Å². The highest BCUT2D eigenvalue weighted by atomic mass is 32.2. The number of ether oxygens (including phenoxy) is 1. The second-order valence-corrected chi connectivity index (χ2v) is 14.6. The highest BCUT2D eigenvalue weighted by molar-refractivity contribution is 7.92. The maximum absolute atomic E-state index is 14.9. The Morgan fingerprint density at radius 2 is 1.76 bits per heavy atom. The lowest BCUT2D eigenvalue weighted by molar-refractivity contribution is -0.228. The number of likely N-dealkylation sites (tertiary alicyclic amines) is 1. The SMILES string of the molecule is COC(=O)CCN1C[C@@H](C(=O)C[C@@H]2CC[C@@]3(S(=O)(=O)c4ccc(F)cc4)c4ccc(C(C)(F)C(F)(F)F)cc4CC[C@@H]23)CC1=O. The smallest absolute Gasteiger partial charge is 0.426 e. The second kappa shape index (κ2) is 11.8. The molecular formula is C32H34F5NO6S. The number of Topliss-reactive ketones (excluding diaryl/α,β-unsaturated/α-hetero) is 1. The van der Waals surface area contributed by atoms with Gasteiger partial charge in [-0.15, -0.1) is 0 Å². The lowest BCUT2D eigenvalue weighted by Gasteiger charge is -2.43. The van der Waals surface area contributed by atoms with Crippen LogP contribution in [0.2, 0.25) is 0 Å². The minimum Gasteiger partial charge on any atom is -0.469 e. The van der Waals surface area contributed by atoms with Gasteiger partial charge in [0.05, 0.1) is 18.4 Å². The van der Waals surface area contributed by atoms with E-state index in [1.807, 2.05) is 0 Å². The number of carbonyl (C=O) groups excluding carboxylic acids is 3. The zero-order chi connectivity index (χ0) is 32.9. The molecule has 1 unspecified atom stereocenters. The number of carbonyl (C=O) groups is 3. The van der Waals surface area contributed by atoms with E-state index < -0.39 is 61.5 Å². The quantitative estimate of drug-likeness (QED) is 0.199. The molecule has 0 radical (unpaired) electrons. The molecule has 5 atom stereocenters. The number of alkyl halides is 4. The van der Waals surface area contributed by atoms with E-state index in [0.29, 0.717) is 13.3 Å². The first-order valence-corrected chi connectivity index (χ1v) is 16.3. The van der Waals surface area contributed by atoms with Gasteiger partial charge in [-0.3, -0.25) is 14.4 Å². The molecular weight excluding hydrogens is 621 g/mol. The average Bonchev–Trinajstić information content (AvgIpc) is 3.56. The number of benzene rings is 2. The Labute approximate surface area is 258 Å². The Bertz CT molecular complexity index is 1610. The number of rotatable bonds is 9. The number of esters is 1. The third kappa shape index (κ3) is 5.65. The summed E-state index contributed by atoms with van der Waals surface area (Å²) in [6.07, 6.45) is -4.46. The van der Waals surface area contributed by atoms with E-state index in [9.17, 15) is 44.8 Å². The molecule has 0 N–H and O–H groups in total. The molecule has 2 aliphatic carbocycles. The highest BCUT2D eigenvalue weighted by Crippen LogP contribution is 2.60. The number of sulfone groups is 1. The summed E-state index contributed by atoms with van der Waals surface area (Å²) in [5.74, 6) is -3.25. The van der Waals surface area contributed by atoms with Crippen molar-refractivity contribution in [2.45, 2.75) is 73.4 Å². The Balaban J connectivity index is 1.48. The fraction of sp³-hybridized carbons (Fsp3) is 0.531. The van der Waals surface area contributed by atoms with Gasteiger partial charge in [0, 0.05) is 31.8 Å². The van der Waals surface area contributed by atoms with E-state index in [4.69, 9.17) is 0 Å². The molecule has 45 heavy (non-hydrogen) atoms. The number of ketones is 1. The van der Waals surface area contributed by atoms with Crippen molar-refractivity contribution in [1.29, 1.82) is 0 Å². The third-order valence-electron chi connectivity index (χ3n) is 9.97. The molecule has 1 amide bonds. The fourth-order valence-electron chi connectivity index (χ4n) is 7.45. The number of fused-ring (bicyclic) bond motifs is 3. The number of nitrogens with zero attached hydrogens (tertiary/aromatic N) is 1. The largest absolute Gasteiger partial charge is 0.469 e. The zero-order valence-corrected chi connectivity index (χ0v) is 25.6. The lowest BCUT2D eigenvalue weighted by Crippen LogP contribution is -2.45. The maximum atomic E-state index is 14.9. The summed E-state index contributed by atoms with van der Waals surface area (Å²) in [6.45, 7) is 0.677. The monoisotopic (exact) mass is 655 g/mol. The van der Waals surface area contributed by atoms with Gasteiger partial charge in [0.15, 0.2) is 9.84 Å². The van der Waals surface area contributed by atoms with Crippen LogP contribution in [0, 0.1) is 23.6 Å². The first-order valence-electron chi connectivity index (χ1n) is 14.8. The molecule has 0 bridgehead atoms. The average molecular weight is 656 g/mol. The molecule has 5 rings (SSSR count). The van der Waals surface area contributed by atoms with Gasteiger partial charge in [0.25, 0.3) is 0 Å². The number of amides is 1. The third-order valence-corrected chi connectivity index (χ3v) is 12.5. The predicted molar refractivity (Wildman–Crippen MR) is 152 cm³/mol. The minimum absolute atomic E-state index is 0.00180. The van der Waals surface area contributed by atoms with Crippen LogP contribution in [0.3, 0.4) is 0 Å². The van der Waals surface area contributed by atoms with E-state index in [1.165, 1.54) is 18.1 Å². The zero-order valence-electron chi connectivity index (χ0n) is 24.8. The van der Waals surface area contributed by atoms with Crippen LogP contribution in [-0.4, -0.2) is 57.4 Å². The van der Waals surface area contributed by atoms with Crippen LogP contribution < -0.4 is 0 Å². The minimum atomic E-state index is -5.19. The van der Waals surface area contributed by atoms with E-state index >= 15 is 0 Å². The molecule has 7 nitrogen and oxygen atoms in total. The van der Waals surface area contributed by atoms with Gasteiger partial charge in [0.2, 0.25) is 11.6 Å². The summed E-state index contributed by atoms with van der Waals surface area (Å²) in [7, 11) is -3.05. The lowest BCUT2D eigenvalue weighted by atomic mass is 9.71. The van der Waals surface area contributed by atoms with E-state index in [0.717, 1.165) is 36.4 Å². The van der Waals surface area contributed by atoms with Crippen LogP contribution in [0.25, 0.3) is 0 Å². The molecule has 2 fully saturated rings. The number of hydrogen-bond donors (Lipinski definition) is 0. The molecule has 1 saturated carbocycles. The summed E-state index contributed by atoms with van der Waals surface area (Å²) in [5, 5.41) is 0. The van der Waals surface area contributed by atoms with Gasteiger partial charge >= 0.3 is 12.1 Å². The van der Waals surface area contributed by atoms with Crippen molar-refractivity contribution in [3.8, 4) is 0 Å². The van der Waals surface area contributed by atoms with Gasteiger partial charge in [-0.05, 0) is 85.4 Å². The molecule has 2 aromatic rings. The Morgan fingerprint density at radius 1 is 1.07 bits per heavy atom. The number of hydrogen-bond acceptors (Lipinski definition) is 6. The summed E-state index contributed by atoms with van der Waals surface area (Å²) >= 11 is 0. The second-order valence-electron chi connectivity index (χ2n) is 12.4. The van der Waals surface area contributed by atoms with Gasteiger partial charge in [-0.25, -0.2) is 17.2 Å². The molecule has 1 heterocycles. The molecule has 0 spiro atoms. The summed E-state index contributed by atoms with van der Waals surface area (Å²) < 4.78 is 101. The van der Waals surface area contributed by atoms with Crippen LogP contribution in [0.5, 0.6) is 0 Å². The molecule has 3 aliphatic rings. The molecule has 244 valence electrons. The summed E-state index contributed by atoms with van der Waals surface area (Å²) in [4.78, 5) is 38.8. The highest BCUT2D eigenvalue weighted by Gasteiger charge is 2.61. The Kier molecular flexibility index (Phi) is 8.65. The van der Waals surface area contributed by atoms with Crippen molar-refractivity contribution in [1.82, 2.24) is 4.90 Å². The predicted octanol–water partition coefficient (Wildman–Crippen LogP) is 5.59. The van der Waals surface area contributed by atoms with Crippen LogP contribution in [0.1, 0.15) is 62.1 Å². The molecule has 1 aliphatic heterocycles. The molecule has 0 aromatic heterocycles. The van der Waals surface area contributed by atoms with Gasteiger partial charge < -0.3 is 9.64 Å². The van der Waals surface area contributed by atoms with Crippen molar-refractivity contribution >= 4 is 27.5 Å². The molecule has 13 heteroatoms. The van der Waals surface area contributed by atoms with Gasteiger partial charge in [-0.2, -0.15) is 13.2 Å². The van der Waals surface area contributed by atoms with Crippen molar-refractivity contribution in [3.63, 3.8) is 0 Å². The van der Waals surface area contributed by atoms with Crippen molar-refractivity contribution in [2.75, 3.05) is 20.2 Å². The molecule has 1 saturated heterocycles. The molecule has 2 aromatic carbocycles. The van der Waals surface area contributed by atoms with Crippen LogP contribution in [0.4, 0.5) is 22.0 Å². The van der Waals surface area contributed by atoms with E-state index in [-0.39, 0.29) is 79.3 Å². The fourth-order valence-corrected chi connectivity index (χ4v) is 9.95. The normalized spacial score (nSPS) is 26.2. The van der Waals surface area contributed by atoms with Gasteiger partial charge in [-0.1, -0.05) is 18.2 Å². The number of methoxy groups -OCH3 is 1. The Morgan fingerprint density at radius 3 is 2.40 bits per heavy atom. The van der Waals surface area contributed by atoms with Crippen LogP contribution in [-0.2, 0) is 45.8 Å². The number of halogens is 5. The van der Waals surface area contributed by atoms with Gasteiger partial charge in [0.1, 0.15) is 16.3 Å². The van der Waals surface area contributed by atoms with E-state index in [1.54, 1.807) is 0 Å². The first-order chi connectivity index (χ1) is 21.0. The standard InChI is InChI=1S/C32H34F5NO6S/c1-30(34,32(35,36)37)22-4-10-26-19(15-22)3-9-25-20(11-13-31(25,26)45(42,43)24-7-5-23(33)6-8-24)16-27(39)21-17-28(40)38(18-21)14-12-29(41)44-2/h4-8,10,15,20-21,25H,3,9,11-14,16-18H2,1-2H3/t20-,21-,25-,30?,31-/m0/s1. The van der Waals surface area contributed by atoms with Crippen LogP contribution in [0.15, 0.2) is 47.4 Å². The summed E-state index contributed by atoms with van der Waals surface area (Å²) in [5.41, 5.74) is -3.73.